The zero-order valence-electron chi connectivity index (χ0n) is 17.0. The van der Waals surface area contributed by atoms with Gasteiger partial charge in [0.2, 0.25) is 11.8 Å². The number of rotatable bonds is 5. The molecule has 0 bridgehead atoms. The minimum Gasteiger partial charge on any atom is -0.359 e. The molecular weight excluding hydrogens is 458 g/mol. The number of nitrogens with zero attached hydrogens (tertiary/aromatic N) is 4. The molecule has 4 rings (SSSR count). The number of carbonyl (C=O) groups excluding carboxylic acids is 2. The maximum atomic E-state index is 12.6. The van der Waals surface area contributed by atoms with E-state index < -0.39 is 0 Å². The number of para-hydroxylation sites is 1. The molecule has 3 aromatic rings. The van der Waals surface area contributed by atoms with Crippen LogP contribution in [0.1, 0.15) is 5.56 Å². The van der Waals surface area contributed by atoms with Crippen LogP contribution in [-0.2, 0) is 9.59 Å². The van der Waals surface area contributed by atoms with Crippen molar-refractivity contribution in [2.45, 2.75) is 0 Å². The number of amides is 2. The molecule has 1 aliphatic heterocycles. The molecule has 0 radical (unpaired) electrons. The average Bonchev–Trinajstić information content (AvgIpc) is 3.24. The first kappa shape index (κ1) is 20.9. The Bertz CT molecular complexity index is 1130. The van der Waals surface area contributed by atoms with Crippen molar-refractivity contribution in [3.63, 3.8) is 0 Å². The number of halogens is 1. The Morgan fingerprint density at radius 2 is 1.97 bits per heavy atom. The van der Waals surface area contributed by atoms with Crippen molar-refractivity contribution >= 4 is 45.2 Å². The Labute approximate surface area is 189 Å². The smallest absolute Gasteiger partial charge is 0.248 e. The van der Waals surface area contributed by atoms with Crippen LogP contribution in [0.15, 0.2) is 71.5 Å². The van der Waals surface area contributed by atoms with E-state index >= 15 is 0 Å². The molecule has 2 heterocycles. The fraction of sp³-hybridized carbons (Fsp3) is 0.174. The highest BCUT2D eigenvalue weighted by atomic mass is 79.9. The quantitative estimate of drug-likeness (QED) is 0.567. The zero-order chi connectivity index (χ0) is 21.8. The number of carbonyl (C=O) groups is 2. The van der Waals surface area contributed by atoms with Crippen LogP contribution in [0.4, 0.5) is 11.4 Å². The van der Waals surface area contributed by atoms with Gasteiger partial charge in [-0.1, -0.05) is 34.1 Å². The van der Waals surface area contributed by atoms with Crippen LogP contribution in [0.5, 0.6) is 0 Å². The summed E-state index contributed by atoms with van der Waals surface area (Å²) in [5, 5.41) is 7.27. The number of benzene rings is 2. The summed E-state index contributed by atoms with van der Waals surface area (Å²) < 4.78 is 2.61. The number of likely N-dealkylation sites (N-methyl/N-ethyl adjacent to an activating group) is 1. The molecule has 0 aliphatic carbocycles. The third-order valence-corrected chi connectivity index (χ3v) is 5.56. The summed E-state index contributed by atoms with van der Waals surface area (Å²) in [5.74, 6) is -0.200. The van der Waals surface area contributed by atoms with Crippen molar-refractivity contribution in [1.29, 1.82) is 0 Å². The van der Waals surface area contributed by atoms with Gasteiger partial charge >= 0.3 is 0 Å². The van der Waals surface area contributed by atoms with E-state index in [4.69, 9.17) is 0 Å². The second kappa shape index (κ2) is 9.18. The topological polar surface area (TPSA) is 70.5 Å². The lowest BCUT2D eigenvalue weighted by atomic mass is 10.2. The molecule has 0 atom stereocenters. The Balaban J connectivity index is 1.47. The molecule has 1 fully saturated rings. The first-order valence-electron chi connectivity index (χ1n) is 9.87. The predicted molar refractivity (Wildman–Crippen MR) is 125 cm³/mol. The zero-order valence-corrected chi connectivity index (χ0v) is 18.6. The number of aromatic nitrogens is 2. The van der Waals surface area contributed by atoms with Gasteiger partial charge in [-0.15, -0.1) is 0 Å². The first-order valence-corrected chi connectivity index (χ1v) is 10.7. The SMILES string of the molecule is CN1CCN(c2ccc(Br)cc2NC(=O)/C=C/c2cnn(-c3ccccc3)c2)CC1=O. The molecule has 31 heavy (non-hydrogen) atoms. The van der Waals surface area contributed by atoms with E-state index in [0.29, 0.717) is 18.8 Å². The summed E-state index contributed by atoms with van der Waals surface area (Å²) in [6, 6.07) is 15.4. The minimum absolute atomic E-state index is 0.0572. The third-order valence-electron chi connectivity index (χ3n) is 5.06. The molecule has 1 aliphatic rings. The highest BCUT2D eigenvalue weighted by Gasteiger charge is 2.23. The second-order valence-electron chi connectivity index (χ2n) is 7.27. The van der Waals surface area contributed by atoms with Crippen molar-refractivity contribution in [2.75, 3.05) is 36.9 Å². The van der Waals surface area contributed by atoms with Crippen LogP contribution in [0, 0.1) is 0 Å². The van der Waals surface area contributed by atoms with Crippen molar-refractivity contribution in [3.05, 3.63) is 77.0 Å². The molecule has 0 saturated carbocycles. The van der Waals surface area contributed by atoms with Gasteiger partial charge < -0.3 is 15.1 Å². The summed E-state index contributed by atoms with van der Waals surface area (Å²) >= 11 is 3.46. The van der Waals surface area contributed by atoms with Crippen LogP contribution in [-0.4, -0.2) is 53.2 Å². The number of anilines is 2. The van der Waals surface area contributed by atoms with E-state index in [1.54, 1.807) is 28.9 Å². The monoisotopic (exact) mass is 479 g/mol. The molecular formula is C23H22BrN5O2. The van der Waals surface area contributed by atoms with E-state index in [1.165, 1.54) is 6.08 Å². The first-order chi connectivity index (χ1) is 15.0. The molecule has 1 N–H and O–H groups in total. The largest absolute Gasteiger partial charge is 0.359 e. The molecule has 7 nitrogen and oxygen atoms in total. The molecule has 1 saturated heterocycles. The summed E-state index contributed by atoms with van der Waals surface area (Å²) in [5.41, 5.74) is 3.25. The molecule has 2 aromatic carbocycles. The normalized spacial score (nSPS) is 14.3. The third kappa shape index (κ3) is 5.03. The average molecular weight is 480 g/mol. The molecule has 0 unspecified atom stereocenters. The maximum Gasteiger partial charge on any atom is 0.248 e. The molecule has 158 valence electrons. The van der Waals surface area contributed by atoms with Crippen molar-refractivity contribution in [1.82, 2.24) is 14.7 Å². The minimum atomic E-state index is -0.257. The fourth-order valence-electron chi connectivity index (χ4n) is 3.34. The van der Waals surface area contributed by atoms with Gasteiger partial charge in [0.05, 0.1) is 29.8 Å². The van der Waals surface area contributed by atoms with Crippen LogP contribution in [0.2, 0.25) is 0 Å². The Morgan fingerprint density at radius 3 is 2.74 bits per heavy atom. The van der Waals surface area contributed by atoms with Crippen LogP contribution >= 0.6 is 15.9 Å². The van der Waals surface area contributed by atoms with Gasteiger partial charge in [0.25, 0.3) is 0 Å². The number of nitrogens with one attached hydrogen (secondary N) is 1. The molecule has 8 heteroatoms. The number of piperazine rings is 1. The van der Waals surface area contributed by atoms with Gasteiger partial charge in [-0.05, 0) is 36.4 Å². The van der Waals surface area contributed by atoms with Gasteiger partial charge in [-0.2, -0.15) is 5.10 Å². The van der Waals surface area contributed by atoms with E-state index in [2.05, 4.69) is 26.3 Å². The van der Waals surface area contributed by atoms with Gasteiger partial charge in [0, 0.05) is 42.4 Å². The van der Waals surface area contributed by atoms with Crippen molar-refractivity contribution in [3.8, 4) is 5.69 Å². The highest BCUT2D eigenvalue weighted by Crippen LogP contribution is 2.30. The Hall–Kier alpha value is -3.39. The fourth-order valence-corrected chi connectivity index (χ4v) is 3.70. The summed E-state index contributed by atoms with van der Waals surface area (Å²) in [4.78, 5) is 28.4. The van der Waals surface area contributed by atoms with Gasteiger partial charge in [-0.3, -0.25) is 9.59 Å². The van der Waals surface area contributed by atoms with E-state index in [9.17, 15) is 9.59 Å². The van der Waals surface area contributed by atoms with Crippen LogP contribution in [0.25, 0.3) is 11.8 Å². The predicted octanol–water partition coefficient (Wildman–Crippen LogP) is 3.57. The lowest BCUT2D eigenvalue weighted by Gasteiger charge is -2.34. The van der Waals surface area contributed by atoms with Crippen molar-refractivity contribution < 1.29 is 9.59 Å². The van der Waals surface area contributed by atoms with Crippen molar-refractivity contribution in [2.24, 2.45) is 0 Å². The Kier molecular flexibility index (Phi) is 6.18. The molecule has 0 spiro atoms. The lowest BCUT2D eigenvalue weighted by Crippen LogP contribution is -2.48. The van der Waals surface area contributed by atoms with Gasteiger partial charge in [0.15, 0.2) is 0 Å². The maximum absolute atomic E-state index is 12.6. The summed E-state index contributed by atoms with van der Waals surface area (Å²) in [7, 11) is 1.80. The highest BCUT2D eigenvalue weighted by molar-refractivity contribution is 9.10. The summed E-state index contributed by atoms with van der Waals surface area (Å²) in [6.45, 7) is 1.64. The van der Waals surface area contributed by atoms with Gasteiger partial charge in [-0.25, -0.2) is 4.68 Å². The summed E-state index contributed by atoms with van der Waals surface area (Å²) in [6.07, 6.45) is 6.77. The van der Waals surface area contributed by atoms with E-state index in [-0.39, 0.29) is 18.4 Å². The van der Waals surface area contributed by atoms with E-state index in [1.807, 2.05) is 59.6 Å². The number of hydrogen-bond acceptors (Lipinski definition) is 4. The molecule has 2 amide bonds. The van der Waals surface area contributed by atoms with E-state index in [0.717, 1.165) is 21.4 Å². The molecule has 1 aromatic heterocycles. The van der Waals surface area contributed by atoms with Gasteiger partial charge in [0.1, 0.15) is 0 Å². The lowest BCUT2D eigenvalue weighted by molar-refractivity contribution is -0.129. The van der Waals surface area contributed by atoms with Crippen LogP contribution < -0.4 is 10.2 Å². The second-order valence-corrected chi connectivity index (χ2v) is 8.19. The number of hydrogen-bond donors (Lipinski definition) is 1. The van der Waals surface area contributed by atoms with Crippen LogP contribution in [0.3, 0.4) is 0 Å². The Morgan fingerprint density at radius 1 is 1.16 bits per heavy atom. The standard InChI is InChI=1S/C23H22BrN5O2/c1-27-11-12-28(16-23(27)31)21-9-8-18(24)13-20(21)26-22(30)10-7-17-14-25-29(15-17)19-5-3-2-4-6-19/h2-10,13-15H,11-12,16H2,1H3,(H,26,30)/b10-7+.